The van der Waals surface area contributed by atoms with Crippen molar-refractivity contribution in [3.8, 4) is 0 Å². The number of benzene rings is 4. The van der Waals surface area contributed by atoms with E-state index in [1.165, 1.54) is 0 Å². The lowest BCUT2D eigenvalue weighted by atomic mass is 9.90. The third-order valence-corrected chi connectivity index (χ3v) is 6.66. The number of carbonyl (C=O) groups excluding carboxylic acids is 2. The van der Waals surface area contributed by atoms with Gasteiger partial charge >= 0.3 is 0 Å². The molecule has 0 bridgehead atoms. The molecule has 0 saturated carbocycles. The number of aromatic nitrogens is 1. The van der Waals surface area contributed by atoms with Gasteiger partial charge in [-0.05, 0) is 41.3 Å². The van der Waals surface area contributed by atoms with Crippen LogP contribution in [0.2, 0.25) is 0 Å². The molecule has 2 amide bonds. The summed E-state index contributed by atoms with van der Waals surface area (Å²) in [5.41, 5.74) is 5.39. The van der Waals surface area contributed by atoms with Gasteiger partial charge in [0.25, 0.3) is 0 Å². The maximum Gasteiger partial charge on any atom is 0.247 e. The van der Waals surface area contributed by atoms with Gasteiger partial charge in [0, 0.05) is 29.2 Å². The van der Waals surface area contributed by atoms with E-state index in [4.69, 9.17) is 0 Å². The molecule has 4 aromatic carbocycles. The zero-order valence-corrected chi connectivity index (χ0v) is 20.6. The molecule has 184 valence electrons. The molecular formula is C32H29N3O2. The SMILES string of the molecule is Cc1ccccc1NC(=O)C(Cc1c[nH]c2ccccc12)NC(=O)C(c1ccccc1)c1ccccc1. The summed E-state index contributed by atoms with van der Waals surface area (Å²) in [5.74, 6) is -1.02. The minimum Gasteiger partial charge on any atom is -0.361 e. The highest BCUT2D eigenvalue weighted by atomic mass is 16.2. The number of anilines is 1. The van der Waals surface area contributed by atoms with Crippen molar-refractivity contribution in [2.24, 2.45) is 0 Å². The lowest BCUT2D eigenvalue weighted by Gasteiger charge is -2.23. The highest BCUT2D eigenvalue weighted by molar-refractivity contribution is 5.99. The zero-order chi connectivity index (χ0) is 25.6. The number of aromatic amines is 1. The molecular weight excluding hydrogens is 458 g/mol. The number of carbonyl (C=O) groups is 2. The number of hydrogen-bond donors (Lipinski definition) is 3. The van der Waals surface area contributed by atoms with Crippen LogP contribution in [0.15, 0.2) is 115 Å². The van der Waals surface area contributed by atoms with E-state index in [0.717, 1.165) is 38.8 Å². The topological polar surface area (TPSA) is 74.0 Å². The summed E-state index contributed by atoms with van der Waals surface area (Å²) in [6.07, 6.45) is 2.26. The number of fused-ring (bicyclic) bond motifs is 1. The van der Waals surface area contributed by atoms with Crippen LogP contribution in [0.5, 0.6) is 0 Å². The van der Waals surface area contributed by atoms with Gasteiger partial charge in [-0.1, -0.05) is 97.1 Å². The first-order chi connectivity index (χ1) is 18.1. The van der Waals surface area contributed by atoms with Crippen LogP contribution < -0.4 is 10.6 Å². The second-order valence-electron chi connectivity index (χ2n) is 9.18. The molecule has 0 aliphatic heterocycles. The van der Waals surface area contributed by atoms with Gasteiger partial charge in [-0.15, -0.1) is 0 Å². The summed E-state index contributed by atoms with van der Waals surface area (Å²) in [7, 11) is 0. The first-order valence-electron chi connectivity index (χ1n) is 12.4. The van der Waals surface area contributed by atoms with Crippen LogP contribution in [0.4, 0.5) is 5.69 Å². The van der Waals surface area contributed by atoms with E-state index in [-0.39, 0.29) is 11.8 Å². The Morgan fingerprint density at radius 3 is 2.00 bits per heavy atom. The van der Waals surface area contributed by atoms with Crippen molar-refractivity contribution in [1.82, 2.24) is 10.3 Å². The average Bonchev–Trinajstić information content (AvgIpc) is 3.34. The number of hydrogen-bond acceptors (Lipinski definition) is 2. The standard InChI is InChI=1S/C32H29N3O2/c1-22-12-8-10-18-27(22)34-31(36)29(20-25-21-33-28-19-11-9-17-26(25)28)35-32(37)30(23-13-4-2-5-14-23)24-15-6-3-7-16-24/h2-19,21,29-30,33H,20H2,1H3,(H,34,36)(H,35,37). The van der Waals surface area contributed by atoms with Crippen molar-refractivity contribution in [3.63, 3.8) is 0 Å². The second kappa shape index (κ2) is 11.0. The molecule has 0 aliphatic carbocycles. The lowest BCUT2D eigenvalue weighted by molar-refractivity contribution is -0.126. The molecule has 0 aliphatic rings. The Bertz CT molecular complexity index is 1470. The number of H-pyrrole nitrogens is 1. The Labute approximate surface area is 216 Å². The molecule has 3 N–H and O–H groups in total. The van der Waals surface area contributed by atoms with Crippen molar-refractivity contribution in [2.45, 2.75) is 25.3 Å². The summed E-state index contributed by atoms with van der Waals surface area (Å²) in [5, 5.41) is 7.16. The molecule has 1 atom stereocenters. The minimum atomic E-state index is -0.777. The Morgan fingerprint density at radius 1 is 0.730 bits per heavy atom. The molecule has 0 fully saturated rings. The van der Waals surface area contributed by atoms with Crippen LogP contribution in [0.1, 0.15) is 28.2 Å². The Hall–Kier alpha value is -4.64. The number of amides is 2. The lowest BCUT2D eigenvalue weighted by Crippen LogP contribution is -2.47. The van der Waals surface area contributed by atoms with Crippen LogP contribution in [0.25, 0.3) is 10.9 Å². The van der Waals surface area contributed by atoms with Crippen LogP contribution >= 0.6 is 0 Å². The van der Waals surface area contributed by atoms with E-state index < -0.39 is 12.0 Å². The van der Waals surface area contributed by atoms with E-state index in [2.05, 4.69) is 15.6 Å². The average molecular weight is 488 g/mol. The van der Waals surface area contributed by atoms with Crippen LogP contribution in [-0.4, -0.2) is 22.8 Å². The Morgan fingerprint density at radius 2 is 1.32 bits per heavy atom. The third kappa shape index (κ3) is 5.46. The number of nitrogens with one attached hydrogen (secondary N) is 3. The first-order valence-corrected chi connectivity index (χ1v) is 12.4. The normalized spacial score (nSPS) is 11.8. The first kappa shape index (κ1) is 24.1. The fraction of sp³-hybridized carbons (Fsp3) is 0.125. The van der Waals surface area contributed by atoms with Crippen LogP contribution in [0.3, 0.4) is 0 Å². The summed E-state index contributed by atoms with van der Waals surface area (Å²) in [6.45, 7) is 1.95. The molecule has 5 rings (SSSR count). The molecule has 37 heavy (non-hydrogen) atoms. The second-order valence-corrected chi connectivity index (χ2v) is 9.18. The number of para-hydroxylation sites is 2. The molecule has 0 radical (unpaired) electrons. The molecule has 1 unspecified atom stereocenters. The van der Waals surface area contributed by atoms with Gasteiger partial charge in [0.05, 0.1) is 5.92 Å². The maximum absolute atomic E-state index is 13.9. The van der Waals surface area contributed by atoms with E-state index in [1.54, 1.807) is 0 Å². The van der Waals surface area contributed by atoms with Crippen molar-refractivity contribution < 1.29 is 9.59 Å². The fourth-order valence-corrected chi connectivity index (χ4v) is 4.70. The van der Waals surface area contributed by atoms with E-state index in [1.807, 2.05) is 122 Å². The minimum absolute atomic E-state index is 0.220. The quantitative estimate of drug-likeness (QED) is 0.252. The Kier molecular flexibility index (Phi) is 7.13. The highest BCUT2D eigenvalue weighted by Gasteiger charge is 2.29. The monoisotopic (exact) mass is 487 g/mol. The van der Waals surface area contributed by atoms with Crippen molar-refractivity contribution in [1.29, 1.82) is 0 Å². The van der Waals surface area contributed by atoms with Gasteiger partial charge in [0.2, 0.25) is 11.8 Å². The summed E-state index contributed by atoms with van der Waals surface area (Å²) >= 11 is 0. The maximum atomic E-state index is 13.9. The molecule has 5 heteroatoms. The zero-order valence-electron chi connectivity index (χ0n) is 20.6. The van der Waals surface area contributed by atoms with Gasteiger partial charge < -0.3 is 15.6 Å². The van der Waals surface area contributed by atoms with Crippen molar-refractivity contribution in [2.75, 3.05) is 5.32 Å². The largest absolute Gasteiger partial charge is 0.361 e. The van der Waals surface area contributed by atoms with Gasteiger partial charge in [0.1, 0.15) is 6.04 Å². The molecule has 5 aromatic rings. The van der Waals surface area contributed by atoms with Gasteiger partial charge in [-0.2, -0.15) is 0 Å². The molecule has 1 aromatic heterocycles. The highest BCUT2D eigenvalue weighted by Crippen LogP contribution is 2.26. The number of aryl methyl sites for hydroxylation is 1. The predicted molar refractivity (Wildman–Crippen MR) is 148 cm³/mol. The molecule has 0 saturated heterocycles. The fourth-order valence-electron chi connectivity index (χ4n) is 4.70. The van der Waals surface area contributed by atoms with Crippen LogP contribution in [-0.2, 0) is 16.0 Å². The Balaban J connectivity index is 1.48. The van der Waals surface area contributed by atoms with Gasteiger partial charge in [0.15, 0.2) is 0 Å². The molecule has 1 heterocycles. The van der Waals surface area contributed by atoms with Crippen molar-refractivity contribution in [3.05, 3.63) is 138 Å². The van der Waals surface area contributed by atoms with Crippen LogP contribution in [0, 0.1) is 6.92 Å². The number of rotatable bonds is 8. The molecule has 5 nitrogen and oxygen atoms in total. The van der Waals surface area contributed by atoms with E-state index >= 15 is 0 Å². The molecule has 0 spiro atoms. The summed E-state index contributed by atoms with van der Waals surface area (Å²) in [4.78, 5) is 30.8. The predicted octanol–water partition coefficient (Wildman–Crippen LogP) is 5.97. The smallest absolute Gasteiger partial charge is 0.247 e. The summed E-state index contributed by atoms with van der Waals surface area (Å²) < 4.78 is 0. The third-order valence-electron chi connectivity index (χ3n) is 6.66. The van der Waals surface area contributed by atoms with Gasteiger partial charge in [-0.3, -0.25) is 9.59 Å². The van der Waals surface area contributed by atoms with Gasteiger partial charge in [-0.25, -0.2) is 0 Å². The van der Waals surface area contributed by atoms with E-state index in [9.17, 15) is 9.59 Å². The van der Waals surface area contributed by atoms with Crippen molar-refractivity contribution >= 4 is 28.4 Å². The summed E-state index contributed by atoms with van der Waals surface area (Å²) in [6, 6.07) is 34.2. The van der Waals surface area contributed by atoms with E-state index in [0.29, 0.717) is 6.42 Å².